The summed E-state index contributed by atoms with van der Waals surface area (Å²) in [5, 5.41) is 12.3. The number of nitrogens with zero attached hydrogens (tertiary/aromatic N) is 2. The fraction of sp³-hybridized carbons (Fsp3) is 0.312. The van der Waals surface area contributed by atoms with E-state index in [1.807, 2.05) is 6.07 Å². The van der Waals surface area contributed by atoms with Gasteiger partial charge in [-0.3, -0.25) is 10.1 Å². The number of rotatable bonds is 2. The zero-order chi connectivity index (χ0) is 14.8. The first kappa shape index (κ1) is 13.8. The third-order valence-corrected chi connectivity index (χ3v) is 4.72. The summed E-state index contributed by atoms with van der Waals surface area (Å²) in [5.41, 5.74) is 2.22. The molecule has 1 aromatic heterocycles. The Kier molecular flexibility index (Phi) is 3.72. The molecule has 0 fully saturated rings. The second kappa shape index (κ2) is 5.66. The quantitative estimate of drug-likeness (QED) is 0.924. The second-order valence-corrected chi connectivity index (χ2v) is 6.46. The standard InChI is InChI=1S/C16H15N3OS/c1-10-2-7-13-14(8-10)21-16(18-13)19-15(20)12-5-3-11(9-17)4-6-12/h3-6,10H,2,7-8H2,1H3,(H,18,19,20)/t10-/m1/s1. The van der Waals surface area contributed by atoms with Gasteiger partial charge >= 0.3 is 0 Å². The minimum absolute atomic E-state index is 0.182. The summed E-state index contributed by atoms with van der Waals surface area (Å²) in [6.07, 6.45) is 3.22. The SMILES string of the molecule is C[C@@H]1CCc2nc(NC(=O)c3ccc(C#N)cc3)sc2C1. The first-order valence-corrected chi connectivity index (χ1v) is 7.77. The number of nitriles is 1. The second-order valence-electron chi connectivity index (χ2n) is 5.38. The van der Waals surface area contributed by atoms with Gasteiger partial charge in [-0.25, -0.2) is 4.98 Å². The Labute approximate surface area is 127 Å². The van der Waals surface area contributed by atoms with Crippen LogP contribution in [-0.2, 0) is 12.8 Å². The van der Waals surface area contributed by atoms with Gasteiger partial charge in [0.25, 0.3) is 5.91 Å². The molecule has 1 heterocycles. The van der Waals surface area contributed by atoms with Gasteiger partial charge < -0.3 is 0 Å². The molecule has 1 aromatic carbocycles. The summed E-state index contributed by atoms with van der Waals surface area (Å²) in [4.78, 5) is 18.0. The van der Waals surface area contributed by atoms with Crippen LogP contribution < -0.4 is 5.32 Å². The molecule has 1 N–H and O–H groups in total. The number of nitrogens with one attached hydrogen (secondary N) is 1. The summed E-state index contributed by atoms with van der Waals surface area (Å²) < 4.78 is 0. The summed E-state index contributed by atoms with van der Waals surface area (Å²) in [6.45, 7) is 2.25. The first-order valence-electron chi connectivity index (χ1n) is 6.96. The van der Waals surface area contributed by atoms with Gasteiger partial charge in [-0.05, 0) is 49.4 Å². The molecule has 5 heteroatoms. The molecule has 0 bridgehead atoms. The molecule has 0 aliphatic heterocycles. The van der Waals surface area contributed by atoms with Crippen LogP contribution in [0.2, 0.25) is 0 Å². The molecule has 0 unspecified atom stereocenters. The molecular weight excluding hydrogens is 282 g/mol. The number of hydrogen-bond donors (Lipinski definition) is 1. The van der Waals surface area contributed by atoms with E-state index in [-0.39, 0.29) is 5.91 Å². The van der Waals surface area contributed by atoms with Crippen LogP contribution in [0.4, 0.5) is 5.13 Å². The minimum atomic E-state index is -0.182. The Bertz CT molecular complexity index is 712. The molecule has 2 aromatic rings. The van der Waals surface area contributed by atoms with Crippen LogP contribution in [0.25, 0.3) is 0 Å². The highest BCUT2D eigenvalue weighted by Gasteiger charge is 2.20. The highest BCUT2D eigenvalue weighted by molar-refractivity contribution is 7.15. The maximum absolute atomic E-state index is 12.2. The number of carbonyl (C=O) groups excluding carboxylic acids is 1. The van der Waals surface area contributed by atoms with Crippen molar-refractivity contribution in [3.63, 3.8) is 0 Å². The summed E-state index contributed by atoms with van der Waals surface area (Å²) in [7, 11) is 0. The topological polar surface area (TPSA) is 65.8 Å². The van der Waals surface area contributed by atoms with Crippen LogP contribution in [0.5, 0.6) is 0 Å². The van der Waals surface area contributed by atoms with Crippen molar-refractivity contribution in [1.29, 1.82) is 5.26 Å². The average molecular weight is 297 g/mol. The normalized spacial score (nSPS) is 16.9. The predicted octanol–water partition coefficient (Wildman–Crippen LogP) is 3.39. The number of fused-ring (bicyclic) bond motifs is 1. The summed E-state index contributed by atoms with van der Waals surface area (Å²) >= 11 is 1.57. The Hall–Kier alpha value is -2.19. The number of benzene rings is 1. The number of aromatic nitrogens is 1. The van der Waals surface area contributed by atoms with E-state index in [4.69, 9.17) is 5.26 Å². The average Bonchev–Trinajstić information content (AvgIpc) is 2.88. The van der Waals surface area contributed by atoms with Crippen LogP contribution in [0.15, 0.2) is 24.3 Å². The van der Waals surface area contributed by atoms with Gasteiger partial charge in [0, 0.05) is 10.4 Å². The molecule has 106 valence electrons. The highest BCUT2D eigenvalue weighted by Crippen LogP contribution is 2.32. The fourth-order valence-corrected chi connectivity index (χ4v) is 3.63. The Morgan fingerprint density at radius 1 is 1.43 bits per heavy atom. The van der Waals surface area contributed by atoms with Crippen molar-refractivity contribution in [2.24, 2.45) is 5.92 Å². The Morgan fingerprint density at radius 2 is 2.19 bits per heavy atom. The van der Waals surface area contributed by atoms with E-state index >= 15 is 0 Å². The zero-order valence-electron chi connectivity index (χ0n) is 11.7. The lowest BCUT2D eigenvalue weighted by atomic mass is 9.93. The molecule has 4 nitrogen and oxygen atoms in total. The van der Waals surface area contributed by atoms with Crippen molar-refractivity contribution in [2.75, 3.05) is 5.32 Å². The van der Waals surface area contributed by atoms with Crippen LogP contribution in [0.3, 0.4) is 0 Å². The number of carbonyl (C=O) groups is 1. The van der Waals surface area contributed by atoms with Crippen LogP contribution in [0, 0.1) is 17.2 Å². The van der Waals surface area contributed by atoms with Crippen molar-refractivity contribution in [3.05, 3.63) is 46.0 Å². The van der Waals surface area contributed by atoms with Gasteiger partial charge in [0.05, 0.1) is 17.3 Å². The molecule has 0 saturated heterocycles. The third-order valence-electron chi connectivity index (χ3n) is 3.68. The number of hydrogen-bond acceptors (Lipinski definition) is 4. The van der Waals surface area contributed by atoms with Crippen molar-refractivity contribution in [3.8, 4) is 6.07 Å². The zero-order valence-corrected chi connectivity index (χ0v) is 12.5. The molecule has 1 aliphatic rings. The third kappa shape index (κ3) is 2.96. The number of aryl methyl sites for hydroxylation is 1. The number of anilines is 1. The molecule has 0 saturated carbocycles. The molecule has 1 atom stereocenters. The van der Waals surface area contributed by atoms with Gasteiger partial charge in [0.2, 0.25) is 0 Å². The lowest BCUT2D eigenvalue weighted by molar-refractivity contribution is 0.102. The molecule has 1 aliphatic carbocycles. The summed E-state index contributed by atoms with van der Waals surface area (Å²) in [5.74, 6) is 0.513. The lowest BCUT2D eigenvalue weighted by Crippen LogP contribution is -2.12. The van der Waals surface area contributed by atoms with Crippen molar-refractivity contribution >= 4 is 22.4 Å². The predicted molar refractivity (Wildman–Crippen MR) is 82.4 cm³/mol. The molecule has 0 spiro atoms. The van der Waals surface area contributed by atoms with Gasteiger partial charge in [0.1, 0.15) is 0 Å². The highest BCUT2D eigenvalue weighted by atomic mass is 32.1. The van der Waals surface area contributed by atoms with E-state index in [0.29, 0.717) is 22.2 Å². The van der Waals surface area contributed by atoms with Gasteiger partial charge in [-0.15, -0.1) is 11.3 Å². The van der Waals surface area contributed by atoms with E-state index in [2.05, 4.69) is 17.2 Å². The number of thiazole rings is 1. The first-order chi connectivity index (χ1) is 10.2. The smallest absolute Gasteiger partial charge is 0.257 e. The molecular formula is C16H15N3OS. The maximum Gasteiger partial charge on any atom is 0.257 e. The van der Waals surface area contributed by atoms with E-state index < -0.39 is 0 Å². The monoisotopic (exact) mass is 297 g/mol. The van der Waals surface area contributed by atoms with Gasteiger partial charge in [0.15, 0.2) is 5.13 Å². The number of amides is 1. The van der Waals surface area contributed by atoms with Crippen molar-refractivity contribution < 1.29 is 4.79 Å². The molecule has 0 radical (unpaired) electrons. The maximum atomic E-state index is 12.2. The van der Waals surface area contributed by atoms with Crippen LogP contribution >= 0.6 is 11.3 Å². The van der Waals surface area contributed by atoms with Crippen molar-refractivity contribution in [1.82, 2.24) is 4.98 Å². The molecule has 3 rings (SSSR count). The van der Waals surface area contributed by atoms with Crippen LogP contribution in [-0.4, -0.2) is 10.9 Å². The van der Waals surface area contributed by atoms with E-state index in [0.717, 1.165) is 18.5 Å². The largest absolute Gasteiger partial charge is 0.298 e. The Balaban J connectivity index is 1.74. The fourth-order valence-electron chi connectivity index (χ4n) is 2.46. The summed E-state index contributed by atoms with van der Waals surface area (Å²) in [6, 6.07) is 8.63. The van der Waals surface area contributed by atoms with Crippen molar-refractivity contribution in [2.45, 2.75) is 26.2 Å². The van der Waals surface area contributed by atoms with Crippen LogP contribution in [0.1, 0.15) is 39.8 Å². The Morgan fingerprint density at radius 3 is 2.90 bits per heavy atom. The van der Waals surface area contributed by atoms with E-state index in [1.165, 1.54) is 11.3 Å². The van der Waals surface area contributed by atoms with E-state index in [1.54, 1.807) is 35.6 Å². The molecule has 21 heavy (non-hydrogen) atoms. The van der Waals surface area contributed by atoms with Gasteiger partial charge in [-0.2, -0.15) is 5.26 Å². The lowest BCUT2D eigenvalue weighted by Gasteiger charge is -2.15. The van der Waals surface area contributed by atoms with E-state index in [9.17, 15) is 4.79 Å². The minimum Gasteiger partial charge on any atom is -0.298 e. The molecule has 1 amide bonds. The van der Waals surface area contributed by atoms with Gasteiger partial charge in [-0.1, -0.05) is 6.92 Å².